The summed E-state index contributed by atoms with van der Waals surface area (Å²) < 4.78 is 5.64. The van der Waals surface area contributed by atoms with Crippen LogP contribution in [-0.2, 0) is 11.2 Å². The highest BCUT2D eigenvalue weighted by Gasteiger charge is 2.19. The smallest absolute Gasteiger partial charge is 0.0590 e. The molecule has 0 radical (unpaired) electrons. The van der Waals surface area contributed by atoms with Crippen molar-refractivity contribution >= 4 is 0 Å². The molecule has 1 heterocycles. The molecule has 2 atom stereocenters. The lowest BCUT2D eigenvalue weighted by Gasteiger charge is -2.17. The first-order valence-corrected chi connectivity index (χ1v) is 6.58. The minimum atomic E-state index is 0.221. The lowest BCUT2D eigenvalue weighted by Crippen LogP contribution is -2.28. The molecular formula is C15H23NO. The molecule has 17 heavy (non-hydrogen) atoms. The van der Waals surface area contributed by atoms with Gasteiger partial charge in [0.15, 0.2) is 0 Å². The van der Waals surface area contributed by atoms with Crippen LogP contribution in [0.3, 0.4) is 0 Å². The van der Waals surface area contributed by atoms with Gasteiger partial charge in [-0.25, -0.2) is 0 Å². The molecule has 1 aliphatic heterocycles. The maximum atomic E-state index is 6.22. The summed E-state index contributed by atoms with van der Waals surface area (Å²) in [7, 11) is 0. The van der Waals surface area contributed by atoms with E-state index in [9.17, 15) is 0 Å². The van der Waals surface area contributed by atoms with E-state index in [2.05, 4.69) is 32.0 Å². The summed E-state index contributed by atoms with van der Waals surface area (Å²) in [5.74, 6) is 0. The standard InChI is InChI=1S/C15H23NO/c1-11-5-6-12(2)13(8-11)9-14(16)10-15-4-3-7-17-15/h5-6,8,14-15H,3-4,7,9-10,16H2,1-2H3. The van der Waals surface area contributed by atoms with E-state index in [-0.39, 0.29) is 6.04 Å². The van der Waals surface area contributed by atoms with E-state index in [1.54, 1.807) is 0 Å². The molecule has 1 aromatic rings. The summed E-state index contributed by atoms with van der Waals surface area (Å²) in [6.45, 7) is 5.21. The molecule has 2 unspecified atom stereocenters. The van der Waals surface area contributed by atoms with Crippen LogP contribution >= 0.6 is 0 Å². The monoisotopic (exact) mass is 233 g/mol. The summed E-state index contributed by atoms with van der Waals surface area (Å²) in [6.07, 6.45) is 4.73. The van der Waals surface area contributed by atoms with Crippen LogP contribution in [-0.4, -0.2) is 18.8 Å². The first-order chi connectivity index (χ1) is 8.15. The van der Waals surface area contributed by atoms with Crippen molar-refractivity contribution in [2.75, 3.05) is 6.61 Å². The minimum Gasteiger partial charge on any atom is -0.378 e. The van der Waals surface area contributed by atoms with Gasteiger partial charge < -0.3 is 10.5 Å². The third kappa shape index (κ3) is 3.55. The number of ether oxygens (including phenoxy) is 1. The van der Waals surface area contributed by atoms with Crippen molar-refractivity contribution in [1.82, 2.24) is 0 Å². The normalized spacial score (nSPS) is 21.7. The van der Waals surface area contributed by atoms with Gasteiger partial charge in [-0.15, -0.1) is 0 Å². The number of nitrogens with two attached hydrogens (primary N) is 1. The number of rotatable bonds is 4. The van der Waals surface area contributed by atoms with Crippen LogP contribution in [0.1, 0.15) is 36.0 Å². The van der Waals surface area contributed by atoms with E-state index in [0.29, 0.717) is 6.10 Å². The summed E-state index contributed by atoms with van der Waals surface area (Å²) in [6, 6.07) is 6.82. The van der Waals surface area contributed by atoms with Crippen LogP contribution in [0.15, 0.2) is 18.2 Å². The number of hydrogen-bond donors (Lipinski definition) is 1. The fraction of sp³-hybridized carbons (Fsp3) is 0.600. The van der Waals surface area contributed by atoms with Gasteiger partial charge in [-0.05, 0) is 50.7 Å². The van der Waals surface area contributed by atoms with Gasteiger partial charge in [0.1, 0.15) is 0 Å². The lowest BCUT2D eigenvalue weighted by molar-refractivity contribution is 0.0983. The summed E-state index contributed by atoms with van der Waals surface area (Å²) in [5, 5.41) is 0. The van der Waals surface area contributed by atoms with Gasteiger partial charge in [-0.1, -0.05) is 23.8 Å². The third-order valence-electron chi connectivity index (χ3n) is 3.58. The maximum Gasteiger partial charge on any atom is 0.0590 e. The predicted molar refractivity (Wildman–Crippen MR) is 71.2 cm³/mol. The highest BCUT2D eigenvalue weighted by molar-refractivity contribution is 5.31. The average Bonchev–Trinajstić information content (AvgIpc) is 2.76. The Kier molecular flexibility index (Phi) is 4.19. The zero-order valence-electron chi connectivity index (χ0n) is 10.9. The number of hydrogen-bond acceptors (Lipinski definition) is 2. The first kappa shape index (κ1) is 12.6. The Morgan fingerprint density at radius 2 is 2.24 bits per heavy atom. The second kappa shape index (κ2) is 5.65. The molecule has 0 bridgehead atoms. The Balaban J connectivity index is 1.92. The van der Waals surface area contributed by atoms with Crippen molar-refractivity contribution < 1.29 is 4.74 Å². The van der Waals surface area contributed by atoms with Gasteiger partial charge >= 0.3 is 0 Å². The van der Waals surface area contributed by atoms with E-state index >= 15 is 0 Å². The molecule has 0 spiro atoms. The molecule has 2 N–H and O–H groups in total. The fourth-order valence-electron chi connectivity index (χ4n) is 2.55. The zero-order valence-corrected chi connectivity index (χ0v) is 10.9. The SMILES string of the molecule is Cc1ccc(C)c(CC(N)CC2CCCO2)c1. The molecule has 2 rings (SSSR count). The third-order valence-corrected chi connectivity index (χ3v) is 3.58. The van der Waals surface area contributed by atoms with Crippen molar-refractivity contribution in [1.29, 1.82) is 0 Å². The Labute approximate surface area is 104 Å². The quantitative estimate of drug-likeness (QED) is 0.868. The van der Waals surface area contributed by atoms with E-state index in [1.807, 2.05) is 0 Å². The van der Waals surface area contributed by atoms with Gasteiger partial charge in [0, 0.05) is 12.6 Å². The van der Waals surface area contributed by atoms with Crippen LogP contribution < -0.4 is 5.73 Å². The average molecular weight is 233 g/mol. The van der Waals surface area contributed by atoms with Crippen molar-refractivity contribution in [2.45, 2.75) is 51.7 Å². The van der Waals surface area contributed by atoms with Gasteiger partial charge in [0.25, 0.3) is 0 Å². The maximum absolute atomic E-state index is 6.22. The molecule has 0 aromatic heterocycles. The van der Waals surface area contributed by atoms with E-state index in [1.165, 1.54) is 29.5 Å². The van der Waals surface area contributed by atoms with E-state index < -0.39 is 0 Å². The minimum absolute atomic E-state index is 0.221. The van der Waals surface area contributed by atoms with Gasteiger partial charge in [-0.2, -0.15) is 0 Å². The van der Waals surface area contributed by atoms with E-state index in [4.69, 9.17) is 10.5 Å². The Morgan fingerprint density at radius 3 is 2.94 bits per heavy atom. The highest BCUT2D eigenvalue weighted by atomic mass is 16.5. The second-order valence-corrected chi connectivity index (χ2v) is 5.26. The van der Waals surface area contributed by atoms with E-state index in [0.717, 1.165) is 19.4 Å². The fourth-order valence-corrected chi connectivity index (χ4v) is 2.55. The lowest BCUT2D eigenvalue weighted by atomic mass is 9.96. The molecule has 2 heteroatoms. The van der Waals surface area contributed by atoms with Crippen molar-refractivity contribution in [3.63, 3.8) is 0 Å². The molecule has 1 aliphatic rings. The molecule has 1 aromatic carbocycles. The van der Waals surface area contributed by atoms with Crippen molar-refractivity contribution in [2.24, 2.45) is 5.73 Å². The molecule has 2 nitrogen and oxygen atoms in total. The molecule has 0 amide bonds. The van der Waals surface area contributed by atoms with Crippen LogP contribution in [0.25, 0.3) is 0 Å². The zero-order chi connectivity index (χ0) is 12.3. The predicted octanol–water partition coefficient (Wildman–Crippen LogP) is 2.74. The van der Waals surface area contributed by atoms with Crippen molar-refractivity contribution in [3.05, 3.63) is 34.9 Å². The van der Waals surface area contributed by atoms with Crippen LogP contribution in [0.5, 0.6) is 0 Å². The molecule has 0 aliphatic carbocycles. The van der Waals surface area contributed by atoms with Crippen molar-refractivity contribution in [3.8, 4) is 0 Å². The molecular weight excluding hydrogens is 210 g/mol. The Bertz CT molecular complexity index is 369. The number of benzene rings is 1. The van der Waals surface area contributed by atoms with Gasteiger partial charge in [0.2, 0.25) is 0 Å². The largest absolute Gasteiger partial charge is 0.378 e. The first-order valence-electron chi connectivity index (χ1n) is 6.58. The molecule has 1 fully saturated rings. The van der Waals surface area contributed by atoms with Gasteiger partial charge in [-0.3, -0.25) is 0 Å². The molecule has 94 valence electrons. The summed E-state index contributed by atoms with van der Waals surface area (Å²) in [4.78, 5) is 0. The summed E-state index contributed by atoms with van der Waals surface area (Å²) >= 11 is 0. The number of aryl methyl sites for hydroxylation is 2. The van der Waals surface area contributed by atoms with Crippen LogP contribution in [0, 0.1) is 13.8 Å². The van der Waals surface area contributed by atoms with Crippen LogP contribution in [0.4, 0.5) is 0 Å². The Morgan fingerprint density at radius 1 is 1.41 bits per heavy atom. The topological polar surface area (TPSA) is 35.2 Å². The molecule has 1 saturated heterocycles. The Hall–Kier alpha value is -0.860. The second-order valence-electron chi connectivity index (χ2n) is 5.26. The van der Waals surface area contributed by atoms with Crippen LogP contribution in [0.2, 0.25) is 0 Å². The van der Waals surface area contributed by atoms with Gasteiger partial charge in [0.05, 0.1) is 6.10 Å². The highest BCUT2D eigenvalue weighted by Crippen LogP contribution is 2.19. The summed E-state index contributed by atoms with van der Waals surface area (Å²) in [5.41, 5.74) is 10.3. The molecule has 0 saturated carbocycles.